The van der Waals surface area contributed by atoms with Crippen molar-refractivity contribution in [2.45, 2.75) is 56.4 Å². The molecule has 3 rings (SSSR count). The molecule has 2 aromatic rings. The van der Waals surface area contributed by atoms with Crippen molar-refractivity contribution >= 4 is 23.4 Å². The number of carbonyl (C=O) groups excluding carboxylic acids is 1. The van der Waals surface area contributed by atoms with E-state index in [1.165, 1.54) is 11.8 Å². The molecular formula is C19H23N3O2S. The first kappa shape index (κ1) is 17.7. The Morgan fingerprint density at radius 3 is 2.84 bits per heavy atom. The van der Waals surface area contributed by atoms with E-state index < -0.39 is 0 Å². The van der Waals surface area contributed by atoms with Crippen LogP contribution in [0.2, 0.25) is 0 Å². The molecule has 25 heavy (non-hydrogen) atoms. The SMILES string of the molecule is CCC(Sc1nc2c(c(=O)[nH]1)CCCC2)C(=O)Nc1ccccc1C. The van der Waals surface area contributed by atoms with Crippen molar-refractivity contribution in [2.75, 3.05) is 5.32 Å². The third-order valence-electron chi connectivity index (χ3n) is 4.49. The van der Waals surface area contributed by atoms with Gasteiger partial charge in [0.2, 0.25) is 5.91 Å². The molecule has 6 heteroatoms. The van der Waals surface area contributed by atoms with Crippen LogP contribution in [0.5, 0.6) is 0 Å². The van der Waals surface area contributed by atoms with Crippen LogP contribution in [0.3, 0.4) is 0 Å². The zero-order chi connectivity index (χ0) is 17.8. The maximum absolute atomic E-state index is 12.6. The molecule has 0 saturated carbocycles. The number of hydrogen-bond acceptors (Lipinski definition) is 4. The Morgan fingerprint density at radius 1 is 1.32 bits per heavy atom. The molecule has 0 fully saturated rings. The van der Waals surface area contributed by atoms with E-state index in [2.05, 4.69) is 15.3 Å². The molecule has 1 atom stereocenters. The van der Waals surface area contributed by atoms with Gasteiger partial charge in [0.1, 0.15) is 0 Å². The van der Waals surface area contributed by atoms with Crippen molar-refractivity contribution in [3.63, 3.8) is 0 Å². The average molecular weight is 357 g/mol. The number of benzene rings is 1. The molecule has 2 N–H and O–H groups in total. The summed E-state index contributed by atoms with van der Waals surface area (Å²) in [5, 5.41) is 3.22. The number of aromatic amines is 1. The van der Waals surface area contributed by atoms with Crippen molar-refractivity contribution < 1.29 is 4.79 Å². The Kier molecular flexibility index (Phi) is 5.58. The molecule has 0 spiro atoms. The Labute approximate surface area is 151 Å². The molecule has 0 radical (unpaired) electrons. The van der Waals surface area contributed by atoms with Gasteiger partial charge < -0.3 is 10.3 Å². The van der Waals surface area contributed by atoms with Gasteiger partial charge in [-0.05, 0) is 50.7 Å². The van der Waals surface area contributed by atoms with Crippen LogP contribution in [0.1, 0.15) is 43.0 Å². The van der Waals surface area contributed by atoms with Crippen molar-refractivity contribution in [1.82, 2.24) is 9.97 Å². The van der Waals surface area contributed by atoms with Crippen LogP contribution in [-0.4, -0.2) is 21.1 Å². The van der Waals surface area contributed by atoms with Gasteiger partial charge in [-0.15, -0.1) is 0 Å². The second-order valence-corrected chi connectivity index (χ2v) is 7.51. The Morgan fingerprint density at radius 2 is 2.08 bits per heavy atom. The van der Waals surface area contributed by atoms with E-state index in [0.29, 0.717) is 11.6 Å². The molecule has 1 amide bonds. The zero-order valence-corrected chi connectivity index (χ0v) is 15.4. The Hall–Kier alpha value is -2.08. The molecule has 1 aromatic carbocycles. The fraction of sp³-hybridized carbons (Fsp3) is 0.421. The minimum Gasteiger partial charge on any atom is -0.325 e. The maximum atomic E-state index is 12.6. The first-order valence-corrected chi connectivity index (χ1v) is 9.61. The van der Waals surface area contributed by atoms with Gasteiger partial charge in [-0.25, -0.2) is 4.98 Å². The number of thioether (sulfide) groups is 1. The van der Waals surface area contributed by atoms with E-state index in [9.17, 15) is 9.59 Å². The number of para-hydroxylation sites is 1. The molecule has 1 unspecified atom stereocenters. The number of nitrogens with one attached hydrogen (secondary N) is 2. The van der Waals surface area contributed by atoms with Crippen molar-refractivity contribution in [2.24, 2.45) is 0 Å². The summed E-state index contributed by atoms with van der Waals surface area (Å²) in [7, 11) is 0. The molecule has 0 saturated heterocycles. The van der Waals surface area contributed by atoms with Crippen molar-refractivity contribution in [1.29, 1.82) is 0 Å². The molecule has 1 aromatic heterocycles. The maximum Gasteiger partial charge on any atom is 0.254 e. The van der Waals surface area contributed by atoms with Crippen LogP contribution in [0, 0.1) is 6.92 Å². The van der Waals surface area contributed by atoms with Crippen LogP contribution >= 0.6 is 11.8 Å². The normalized spacial score (nSPS) is 14.6. The molecule has 132 valence electrons. The quantitative estimate of drug-likeness (QED) is 0.635. The highest BCUT2D eigenvalue weighted by Crippen LogP contribution is 2.25. The lowest BCUT2D eigenvalue weighted by Gasteiger charge is -2.17. The standard InChI is InChI=1S/C19H23N3O2S/c1-3-16(18(24)20-14-10-6-4-8-12(14)2)25-19-21-15-11-7-5-9-13(15)17(23)22-19/h4,6,8,10,16H,3,5,7,9,11H2,1-2H3,(H,20,24)(H,21,22,23). The van der Waals surface area contributed by atoms with Gasteiger partial charge in [0.05, 0.1) is 10.9 Å². The lowest BCUT2D eigenvalue weighted by atomic mass is 9.97. The molecular weight excluding hydrogens is 334 g/mol. The topological polar surface area (TPSA) is 74.8 Å². The molecule has 0 aliphatic heterocycles. The lowest BCUT2D eigenvalue weighted by molar-refractivity contribution is -0.115. The van der Waals surface area contributed by atoms with Crippen LogP contribution in [0.25, 0.3) is 0 Å². The summed E-state index contributed by atoms with van der Waals surface area (Å²) in [6, 6.07) is 7.70. The second kappa shape index (κ2) is 7.87. The summed E-state index contributed by atoms with van der Waals surface area (Å²) < 4.78 is 0. The van der Waals surface area contributed by atoms with Gasteiger partial charge in [0.25, 0.3) is 5.56 Å². The van der Waals surface area contributed by atoms with Gasteiger partial charge in [-0.3, -0.25) is 9.59 Å². The number of rotatable bonds is 5. The number of H-pyrrole nitrogens is 1. The van der Waals surface area contributed by atoms with Crippen LogP contribution in [0.4, 0.5) is 5.69 Å². The fourth-order valence-electron chi connectivity index (χ4n) is 3.02. The van der Waals surface area contributed by atoms with E-state index in [1.54, 1.807) is 0 Å². The summed E-state index contributed by atoms with van der Waals surface area (Å²) in [5.41, 5.74) is 3.50. The summed E-state index contributed by atoms with van der Waals surface area (Å²) >= 11 is 1.33. The second-order valence-electron chi connectivity index (χ2n) is 6.32. The van der Waals surface area contributed by atoms with E-state index in [1.807, 2.05) is 38.1 Å². The summed E-state index contributed by atoms with van der Waals surface area (Å²) in [6.07, 6.45) is 4.41. The van der Waals surface area contributed by atoms with Gasteiger partial charge >= 0.3 is 0 Å². The van der Waals surface area contributed by atoms with E-state index in [-0.39, 0.29) is 16.7 Å². The van der Waals surface area contributed by atoms with Crippen molar-refractivity contribution in [3.8, 4) is 0 Å². The number of nitrogens with zero attached hydrogens (tertiary/aromatic N) is 1. The number of carbonyl (C=O) groups is 1. The predicted molar refractivity (Wildman–Crippen MR) is 101 cm³/mol. The molecule has 5 nitrogen and oxygen atoms in total. The zero-order valence-electron chi connectivity index (χ0n) is 14.6. The highest BCUT2D eigenvalue weighted by molar-refractivity contribution is 8.00. The highest BCUT2D eigenvalue weighted by atomic mass is 32.2. The third-order valence-corrected chi connectivity index (χ3v) is 5.74. The lowest BCUT2D eigenvalue weighted by Crippen LogP contribution is -2.27. The number of amides is 1. The largest absolute Gasteiger partial charge is 0.325 e. The predicted octanol–water partition coefficient (Wildman–Crippen LogP) is 3.47. The summed E-state index contributed by atoms with van der Waals surface area (Å²) in [6.45, 7) is 3.93. The smallest absolute Gasteiger partial charge is 0.254 e. The number of fused-ring (bicyclic) bond motifs is 1. The molecule has 0 bridgehead atoms. The number of hydrogen-bond donors (Lipinski definition) is 2. The summed E-state index contributed by atoms with van der Waals surface area (Å²) in [5.74, 6) is -0.0674. The highest BCUT2D eigenvalue weighted by Gasteiger charge is 2.22. The fourth-order valence-corrected chi connectivity index (χ4v) is 3.94. The Balaban J connectivity index is 1.76. The minimum absolute atomic E-state index is 0.0543. The molecule has 1 heterocycles. The monoisotopic (exact) mass is 357 g/mol. The minimum atomic E-state index is -0.301. The molecule has 1 aliphatic rings. The number of aryl methyl sites for hydroxylation is 2. The van der Waals surface area contributed by atoms with Crippen LogP contribution in [-0.2, 0) is 17.6 Å². The van der Waals surface area contributed by atoms with Crippen LogP contribution in [0.15, 0.2) is 34.2 Å². The first-order chi connectivity index (χ1) is 12.1. The van der Waals surface area contributed by atoms with Gasteiger partial charge in [0, 0.05) is 11.3 Å². The van der Waals surface area contributed by atoms with Gasteiger partial charge in [-0.2, -0.15) is 0 Å². The van der Waals surface area contributed by atoms with Gasteiger partial charge in [0.15, 0.2) is 5.16 Å². The average Bonchev–Trinajstić information content (AvgIpc) is 2.61. The Bertz CT molecular complexity index is 832. The van der Waals surface area contributed by atoms with Gasteiger partial charge in [-0.1, -0.05) is 36.9 Å². The van der Waals surface area contributed by atoms with E-state index >= 15 is 0 Å². The van der Waals surface area contributed by atoms with E-state index in [0.717, 1.165) is 48.2 Å². The third kappa shape index (κ3) is 4.12. The van der Waals surface area contributed by atoms with Crippen LogP contribution < -0.4 is 10.9 Å². The first-order valence-electron chi connectivity index (χ1n) is 8.73. The number of aromatic nitrogens is 2. The number of anilines is 1. The van der Waals surface area contributed by atoms with E-state index in [4.69, 9.17) is 0 Å². The summed E-state index contributed by atoms with van der Waals surface area (Å²) in [4.78, 5) is 32.3. The van der Waals surface area contributed by atoms with Crippen molar-refractivity contribution in [3.05, 3.63) is 51.4 Å². The molecule has 1 aliphatic carbocycles.